The number of carbonyl (C=O) groups is 4. The number of hydrogen-bond donors (Lipinski definition) is 0. The van der Waals surface area contributed by atoms with Gasteiger partial charge in [0, 0.05) is 35.3 Å². The quantitative estimate of drug-likeness (QED) is 0.626. The third-order valence-electron chi connectivity index (χ3n) is 5.72. The van der Waals surface area contributed by atoms with Gasteiger partial charge in [-0.3, -0.25) is 14.4 Å². The monoisotopic (exact) mass is 405 g/mol. The Hall–Kier alpha value is -3.28. The van der Waals surface area contributed by atoms with E-state index in [1.807, 2.05) is 0 Å². The van der Waals surface area contributed by atoms with Crippen LogP contribution in [0.25, 0.3) is 0 Å². The predicted molar refractivity (Wildman–Crippen MR) is 110 cm³/mol. The lowest BCUT2D eigenvalue weighted by Gasteiger charge is -2.34. The molecule has 1 saturated heterocycles. The van der Waals surface area contributed by atoms with E-state index in [0.717, 1.165) is 6.42 Å². The molecule has 1 heterocycles. The molecule has 1 aliphatic carbocycles. The Morgan fingerprint density at radius 2 is 1.50 bits per heavy atom. The van der Waals surface area contributed by atoms with E-state index in [-0.39, 0.29) is 40.6 Å². The largest absolute Gasteiger partial charge is 0.452 e. The number of likely N-dealkylation sites (tertiary alicyclic amines) is 1. The zero-order valence-electron chi connectivity index (χ0n) is 17.0. The average molecular weight is 405 g/mol. The van der Waals surface area contributed by atoms with Crippen LogP contribution < -0.4 is 0 Å². The Morgan fingerprint density at radius 3 is 2.17 bits per heavy atom. The van der Waals surface area contributed by atoms with Crippen molar-refractivity contribution in [3.63, 3.8) is 0 Å². The molecule has 4 rings (SSSR count). The Balaban J connectivity index is 1.54. The number of rotatable bonds is 3. The molecule has 30 heavy (non-hydrogen) atoms. The van der Waals surface area contributed by atoms with Crippen LogP contribution in [0.3, 0.4) is 0 Å². The van der Waals surface area contributed by atoms with Gasteiger partial charge in [0.15, 0.2) is 18.2 Å². The first-order valence-electron chi connectivity index (χ1n) is 10.1. The molecule has 154 valence electrons. The van der Waals surface area contributed by atoms with Crippen molar-refractivity contribution in [3.8, 4) is 0 Å². The number of hydrogen-bond acceptors (Lipinski definition) is 5. The molecule has 0 radical (unpaired) electrons. The molecule has 2 aliphatic rings. The number of nitrogens with zero attached hydrogens (tertiary/aromatic N) is 1. The highest BCUT2D eigenvalue weighted by Crippen LogP contribution is 2.30. The second-order valence-electron chi connectivity index (χ2n) is 8.25. The summed E-state index contributed by atoms with van der Waals surface area (Å²) in [6.07, 6.45) is 1.07. The molecule has 6 heteroatoms. The van der Waals surface area contributed by atoms with E-state index in [1.165, 1.54) is 12.1 Å². The molecule has 0 aromatic heterocycles. The number of fused-ring (bicyclic) bond motifs is 2. The molecule has 1 fully saturated rings. The van der Waals surface area contributed by atoms with Gasteiger partial charge in [-0.25, -0.2) is 4.79 Å². The average Bonchev–Trinajstić information content (AvgIpc) is 2.74. The van der Waals surface area contributed by atoms with Crippen molar-refractivity contribution in [2.45, 2.75) is 20.3 Å². The molecular weight excluding hydrogens is 382 g/mol. The number of ether oxygens (including phenoxy) is 1. The molecule has 1 amide bonds. The summed E-state index contributed by atoms with van der Waals surface area (Å²) in [6, 6.07) is 11.1. The number of amides is 1. The maximum Gasteiger partial charge on any atom is 0.339 e. The molecule has 6 nitrogen and oxygen atoms in total. The Labute approximate surface area is 174 Å². The van der Waals surface area contributed by atoms with Gasteiger partial charge in [-0.1, -0.05) is 50.2 Å². The van der Waals surface area contributed by atoms with Crippen LogP contribution >= 0.6 is 0 Å². The van der Waals surface area contributed by atoms with Crippen molar-refractivity contribution in [1.29, 1.82) is 0 Å². The first-order chi connectivity index (χ1) is 14.4. The third kappa shape index (κ3) is 3.54. The van der Waals surface area contributed by atoms with Crippen LogP contribution in [0, 0.1) is 11.8 Å². The first-order valence-corrected chi connectivity index (χ1v) is 10.1. The Bertz CT molecular complexity index is 1050. The molecular formula is C24H23NO5. The van der Waals surface area contributed by atoms with Gasteiger partial charge in [0.25, 0.3) is 5.91 Å². The van der Waals surface area contributed by atoms with Crippen LogP contribution in [0.2, 0.25) is 0 Å². The van der Waals surface area contributed by atoms with Gasteiger partial charge in [0.2, 0.25) is 0 Å². The summed E-state index contributed by atoms with van der Waals surface area (Å²) in [7, 11) is 0. The zero-order valence-corrected chi connectivity index (χ0v) is 17.0. The Kier molecular flexibility index (Phi) is 5.24. The minimum atomic E-state index is -0.779. The molecule has 0 unspecified atom stereocenters. The second-order valence-corrected chi connectivity index (χ2v) is 8.25. The van der Waals surface area contributed by atoms with Crippen molar-refractivity contribution in [1.82, 2.24) is 4.90 Å². The standard InChI is InChI=1S/C24H23NO5/c1-14-10-15(2)12-25(11-14)20(26)13-30-24(29)19-9-5-8-18-21(19)23(28)17-7-4-3-6-16(17)22(18)27/h3-9,14-15H,10-13H2,1-2H3/t14-,15+. The van der Waals surface area contributed by atoms with Gasteiger partial charge in [-0.05, 0) is 24.3 Å². The normalized spacial score (nSPS) is 20.4. The number of benzene rings is 2. The molecule has 1 aliphatic heterocycles. The highest BCUT2D eigenvalue weighted by Gasteiger charge is 2.33. The first kappa shape index (κ1) is 20.0. The summed E-state index contributed by atoms with van der Waals surface area (Å²) in [6.45, 7) is 5.09. The van der Waals surface area contributed by atoms with Crippen molar-refractivity contribution >= 4 is 23.4 Å². The highest BCUT2D eigenvalue weighted by molar-refractivity contribution is 6.30. The molecule has 0 bridgehead atoms. The van der Waals surface area contributed by atoms with Gasteiger partial charge < -0.3 is 9.64 Å². The minimum Gasteiger partial charge on any atom is -0.452 e. The van der Waals surface area contributed by atoms with Gasteiger partial charge in [0.1, 0.15) is 0 Å². The SMILES string of the molecule is C[C@@H]1C[C@H](C)CN(C(=O)COC(=O)c2cccc3c2C(=O)c2ccccc2C3=O)C1. The Morgan fingerprint density at radius 1 is 0.900 bits per heavy atom. The highest BCUT2D eigenvalue weighted by atomic mass is 16.5. The van der Waals surface area contributed by atoms with Crippen molar-refractivity contribution in [2.75, 3.05) is 19.7 Å². The molecule has 0 spiro atoms. The summed E-state index contributed by atoms with van der Waals surface area (Å²) in [5.74, 6) is -0.922. The van der Waals surface area contributed by atoms with Crippen LogP contribution in [0.4, 0.5) is 0 Å². The number of esters is 1. The number of piperidine rings is 1. The number of carbonyl (C=O) groups excluding carboxylic acids is 4. The zero-order chi connectivity index (χ0) is 21.4. The fourth-order valence-corrected chi connectivity index (χ4v) is 4.48. The van der Waals surface area contributed by atoms with Crippen LogP contribution in [0.5, 0.6) is 0 Å². The van der Waals surface area contributed by atoms with Crippen LogP contribution in [0.15, 0.2) is 42.5 Å². The van der Waals surface area contributed by atoms with E-state index in [4.69, 9.17) is 4.74 Å². The summed E-state index contributed by atoms with van der Waals surface area (Å²) in [5.41, 5.74) is 0.817. The van der Waals surface area contributed by atoms with Crippen LogP contribution in [-0.2, 0) is 9.53 Å². The fourth-order valence-electron chi connectivity index (χ4n) is 4.48. The lowest BCUT2D eigenvalue weighted by atomic mass is 9.82. The molecule has 2 aromatic rings. The summed E-state index contributed by atoms with van der Waals surface area (Å²) in [4.78, 5) is 52.8. The van der Waals surface area contributed by atoms with Gasteiger partial charge >= 0.3 is 5.97 Å². The molecule has 2 aromatic carbocycles. The number of ketones is 2. The van der Waals surface area contributed by atoms with Crippen LogP contribution in [0.1, 0.15) is 62.5 Å². The van der Waals surface area contributed by atoms with E-state index < -0.39 is 11.8 Å². The topological polar surface area (TPSA) is 80.8 Å². The second kappa shape index (κ2) is 7.86. The smallest absolute Gasteiger partial charge is 0.339 e. The molecule has 0 N–H and O–H groups in total. The van der Waals surface area contributed by atoms with E-state index >= 15 is 0 Å². The van der Waals surface area contributed by atoms with Crippen molar-refractivity contribution < 1.29 is 23.9 Å². The third-order valence-corrected chi connectivity index (χ3v) is 5.72. The van der Waals surface area contributed by atoms with E-state index in [1.54, 1.807) is 35.2 Å². The van der Waals surface area contributed by atoms with Gasteiger partial charge in [-0.15, -0.1) is 0 Å². The fraction of sp³-hybridized carbons (Fsp3) is 0.333. The van der Waals surface area contributed by atoms with Gasteiger partial charge in [0.05, 0.1) is 5.56 Å². The maximum atomic E-state index is 13.0. The molecule has 0 saturated carbocycles. The van der Waals surface area contributed by atoms with Gasteiger partial charge in [-0.2, -0.15) is 0 Å². The summed E-state index contributed by atoms with van der Waals surface area (Å²) < 4.78 is 5.26. The lowest BCUT2D eigenvalue weighted by Crippen LogP contribution is -2.44. The predicted octanol–water partition coefficient (Wildman–Crippen LogP) is 3.12. The molecule has 2 atom stereocenters. The van der Waals surface area contributed by atoms with E-state index in [9.17, 15) is 19.2 Å². The van der Waals surface area contributed by atoms with E-state index in [2.05, 4.69) is 13.8 Å². The minimum absolute atomic E-state index is 0.00790. The summed E-state index contributed by atoms with van der Waals surface area (Å²) >= 11 is 0. The summed E-state index contributed by atoms with van der Waals surface area (Å²) in [5, 5.41) is 0. The van der Waals surface area contributed by atoms with Crippen molar-refractivity contribution in [2.24, 2.45) is 11.8 Å². The van der Waals surface area contributed by atoms with E-state index in [0.29, 0.717) is 30.5 Å². The van der Waals surface area contributed by atoms with Crippen LogP contribution in [-0.4, -0.2) is 48.0 Å². The van der Waals surface area contributed by atoms with Crippen molar-refractivity contribution in [3.05, 3.63) is 70.3 Å². The maximum absolute atomic E-state index is 13.0. The lowest BCUT2D eigenvalue weighted by molar-refractivity contribution is -0.137.